The quantitative estimate of drug-likeness (QED) is 0.744. The van der Waals surface area contributed by atoms with Crippen LogP contribution in [0.5, 0.6) is 5.75 Å². The topological polar surface area (TPSA) is 29.5 Å². The maximum absolute atomic E-state index is 12.4. The molecule has 5 heteroatoms. The van der Waals surface area contributed by atoms with E-state index in [0.29, 0.717) is 13.0 Å². The normalized spacial score (nSPS) is 37.6. The van der Waals surface area contributed by atoms with Gasteiger partial charge in [-0.3, -0.25) is 4.79 Å². The van der Waals surface area contributed by atoms with Crippen molar-refractivity contribution in [2.24, 2.45) is 5.92 Å². The molecule has 2 bridgehead atoms. The van der Waals surface area contributed by atoms with Crippen molar-refractivity contribution in [2.45, 2.75) is 28.6 Å². The lowest BCUT2D eigenvalue weighted by Gasteiger charge is -2.30. The number of halogens is 2. The molecule has 102 valence electrons. The number of carbonyl (C=O) groups excluding carboxylic acids is 1. The zero-order chi connectivity index (χ0) is 14.5. The molecule has 1 saturated carbocycles. The summed E-state index contributed by atoms with van der Waals surface area (Å²) in [5.74, 6) is 0.863. The first-order valence-corrected chi connectivity index (χ1v) is 7.91. The van der Waals surface area contributed by atoms with Gasteiger partial charge in [-0.15, -0.1) is 0 Å². The van der Waals surface area contributed by atoms with Crippen LogP contribution >= 0.6 is 31.9 Å². The number of likely N-dealkylation sites (tertiary alicyclic amines) is 1. The third-order valence-corrected chi connectivity index (χ3v) is 5.80. The summed E-state index contributed by atoms with van der Waals surface area (Å²) in [6, 6.07) is 7.58. The highest BCUT2D eigenvalue weighted by molar-refractivity contribution is 9.10. The average molecular weight is 390 g/mol. The van der Waals surface area contributed by atoms with Gasteiger partial charge in [0.05, 0.1) is 19.1 Å². The van der Waals surface area contributed by atoms with E-state index in [1.54, 1.807) is 7.11 Å². The van der Waals surface area contributed by atoms with Crippen LogP contribution in [0.4, 0.5) is 0 Å². The molecule has 1 aromatic carbocycles. The van der Waals surface area contributed by atoms with E-state index in [0.717, 1.165) is 11.3 Å². The van der Waals surface area contributed by atoms with E-state index in [4.69, 9.17) is 6.11 Å². The number of alkyl halides is 2. The Bertz CT molecular complexity index is 534. The van der Waals surface area contributed by atoms with Crippen molar-refractivity contribution in [3.63, 3.8) is 0 Å². The molecule has 4 atom stereocenters. The molecule has 0 unspecified atom stereocenters. The largest absolute Gasteiger partial charge is 0.497 e. The molecule has 3 nitrogen and oxygen atoms in total. The fourth-order valence-corrected chi connectivity index (χ4v) is 5.11. The third kappa shape index (κ3) is 2.21. The minimum atomic E-state index is -0.744. The summed E-state index contributed by atoms with van der Waals surface area (Å²) < 4.78 is 13.5. The van der Waals surface area contributed by atoms with E-state index in [2.05, 4.69) is 31.9 Å². The Morgan fingerprint density at radius 3 is 2.68 bits per heavy atom. The molecule has 0 spiro atoms. The molecule has 1 saturated heterocycles. The lowest BCUT2D eigenvalue weighted by Crippen LogP contribution is -2.42. The number of hydrogen-bond donors (Lipinski definition) is 0. The number of hydrogen-bond acceptors (Lipinski definition) is 2. The molecule has 2 fully saturated rings. The lowest BCUT2D eigenvalue weighted by molar-refractivity contribution is -0.134. The van der Waals surface area contributed by atoms with Gasteiger partial charge in [-0.05, 0) is 24.1 Å². The molecule has 0 aromatic heterocycles. The number of ether oxygens (including phenoxy) is 1. The molecule has 0 radical (unpaired) electrons. The van der Waals surface area contributed by atoms with Gasteiger partial charge >= 0.3 is 0 Å². The molecule has 1 aliphatic carbocycles. The Kier molecular flexibility index (Phi) is 3.27. The van der Waals surface area contributed by atoms with Crippen molar-refractivity contribution in [1.82, 2.24) is 4.90 Å². The zero-order valence-corrected chi connectivity index (χ0v) is 13.6. The monoisotopic (exact) mass is 388 g/mol. The van der Waals surface area contributed by atoms with E-state index in [1.807, 2.05) is 29.2 Å². The van der Waals surface area contributed by atoms with Gasteiger partial charge in [0.1, 0.15) is 5.75 Å². The number of nitrogens with zero attached hydrogens (tertiary/aromatic N) is 1. The number of methoxy groups -OCH3 is 1. The van der Waals surface area contributed by atoms with Crippen molar-refractivity contribution < 1.29 is 10.9 Å². The maximum atomic E-state index is 12.4. The second-order valence-corrected chi connectivity index (χ2v) is 7.04. The number of benzene rings is 1. The molecule has 0 N–H and O–H groups in total. The summed E-state index contributed by atoms with van der Waals surface area (Å²) in [6.07, 6.45) is 0.575. The Morgan fingerprint density at radius 2 is 2.11 bits per heavy atom. The van der Waals surface area contributed by atoms with Crippen LogP contribution in [0.3, 0.4) is 0 Å². The highest BCUT2D eigenvalue weighted by Crippen LogP contribution is 2.46. The van der Waals surface area contributed by atoms with Crippen LogP contribution in [-0.2, 0) is 11.3 Å². The molecule has 1 amide bonds. The predicted molar refractivity (Wildman–Crippen MR) is 80.9 cm³/mol. The molecule has 1 aromatic rings. The molecule has 3 rings (SSSR count). The van der Waals surface area contributed by atoms with Gasteiger partial charge in [0.2, 0.25) is 5.91 Å². The van der Waals surface area contributed by atoms with Gasteiger partial charge < -0.3 is 9.64 Å². The summed E-state index contributed by atoms with van der Waals surface area (Å²) in [4.78, 5) is 13.5. The number of piperidine rings is 1. The Hall–Kier alpha value is -0.550. The minimum absolute atomic E-state index is 0.0603. The fourth-order valence-electron chi connectivity index (χ4n) is 2.85. The van der Waals surface area contributed by atoms with Crippen LogP contribution < -0.4 is 4.74 Å². The van der Waals surface area contributed by atoms with Crippen LogP contribution in [0.1, 0.15) is 13.4 Å². The van der Waals surface area contributed by atoms with Crippen LogP contribution in [0.15, 0.2) is 24.3 Å². The summed E-state index contributed by atoms with van der Waals surface area (Å²) in [5, 5.41) is 0. The number of rotatable bonds is 3. The third-order valence-electron chi connectivity index (χ3n) is 3.87. The first-order chi connectivity index (χ1) is 9.44. The standard InChI is InChI=1S/C14H15Br2NO2/c1-19-9-4-2-8(3-5-9)7-17-13-11(15)6-10(12(13)16)14(17)18/h2-5,10-13H,6-7H2,1H3/t10-,11-,12+,13+/m1/s1/i11D. The van der Waals surface area contributed by atoms with Gasteiger partial charge in [-0.1, -0.05) is 44.0 Å². The van der Waals surface area contributed by atoms with Crippen molar-refractivity contribution >= 4 is 37.8 Å². The summed E-state index contributed by atoms with van der Waals surface area (Å²) >= 11 is 7.06. The number of amides is 1. The molecular weight excluding hydrogens is 374 g/mol. The molecule has 19 heavy (non-hydrogen) atoms. The molecule has 2 aliphatic rings. The average Bonchev–Trinajstić information content (AvgIpc) is 2.78. The van der Waals surface area contributed by atoms with Gasteiger partial charge in [0.25, 0.3) is 0 Å². The smallest absolute Gasteiger partial charge is 0.227 e. The number of fused-ring (bicyclic) bond motifs is 2. The Morgan fingerprint density at radius 1 is 1.42 bits per heavy atom. The Labute approximate surface area is 131 Å². The van der Waals surface area contributed by atoms with Gasteiger partial charge in [-0.25, -0.2) is 0 Å². The van der Waals surface area contributed by atoms with Gasteiger partial charge in [0.15, 0.2) is 0 Å². The summed E-state index contributed by atoms with van der Waals surface area (Å²) in [6.45, 7) is 0.540. The second-order valence-electron chi connectivity index (χ2n) is 4.96. The minimum Gasteiger partial charge on any atom is -0.497 e. The van der Waals surface area contributed by atoms with Crippen LogP contribution in [-0.4, -0.2) is 33.6 Å². The summed E-state index contributed by atoms with van der Waals surface area (Å²) in [5.41, 5.74) is 1.05. The first kappa shape index (κ1) is 12.2. The summed E-state index contributed by atoms with van der Waals surface area (Å²) in [7, 11) is 1.63. The van der Waals surface area contributed by atoms with Crippen molar-refractivity contribution in [3.8, 4) is 5.75 Å². The van der Waals surface area contributed by atoms with E-state index in [1.165, 1.54) is 0 Å². The van der Waals surface area contributed by atoms with E-state index >= 15 is 0 Å². The van der Waals surface area contributed by atoms with Crippen LogP contribution in [0.2, 0.25) is 0 Å². The van der Waals surface area contributed by atoms with Crippen molar-refractivity contribution in [2.75, 3.05) is 7.11 Å². The molecule has 1 aliphatic heterocycles. The van der Waals surface area contributed by atoms with Crippen molar-refractivity contribution in [3.05, 3.63) is 29.8 Å². The van der Waals surface area contributed by atoms with Crippen LogP contribution in [0, 0.1) is 5.92 Å². The Balaban J connectivity index is 1.81. The van der Waals surface area contributed by atoms with E-state index in [-0.39, 0.29) is 22.7 Å². The molecule has 1 heterocycles. The molecular formula is C14H15Br2NO2. The second kappa shape index (κ2) is 5.09. The van der Waals surface area contributed by atoms with E-state index < -0.39 is 4.80 Å². The highest BCUT2D eigenvalue weighted by atomic mass is 79.9. The fraction of sp³-hybridized carbons (Fsp3) is 0.500. The lowest BCUT2D eigenvalue weighted by atomic mass is 10.1. The SMILES string of the molecule is [2H][C@@]1(Br)C[C@H]2C(=O)N(Cc3ccc(OC)cc3)[C@@H]1[C@H]2Br. The van der Waals surface area contributed by atoms with Crippen molar-refractivity contribution in [1.29, 1.82) is 0 Å². The van der Waals surface area contributed by atoms with Gasteiger partial charge in [0, 0.05) is 17.5 Å². The first-order valence-electron chi connectivity index (χ1n) is 6.70. The number of carbonyl (C=O) groups is 1. The van der Waals surface area contributed by atoms with E-state index in [9.17, 15) is 4.79 Å². The maximum Gasteiger partial charge on any atom is 0.227 e. The van der Waals surface area contributed by atoms with Crippen LogP contribution in [0.25, 0.3) is 0 Å². The highest BCUT2D eigenvalue weighted by Gasteiger charge is 2.55. The predicted octanol–water partition coefficient (Wildman–Crippen LogP) is 2.95. The van der Waals surface area contributed by atoms with Gasteiger partial charge in [-0.2, -0.15) is 0 Å². The zero-order valence-electron chi connectivity index (χ0n) is 11.5.